The van der Waals surface area contributed by atoms with Crippen molar-refractivity contribution in [3.8, 4) is 0 Å². The molecule has 2 N–H and O–H groups in total. The van der Waals surface area contributed by atoms with Gasteiger partial charge in [-0.25, -0.2) is 0 Å². The van der Waals surface area contributed by atoms with E-state index in [9.17, 15) is 4.79 Å². The smallest absolute Gasteiger partial charge is 0.275 e. The molecule has 2 rings (SSSR count). The van der Waals surface area contributed by atoms with Crippen LogP contribution in [0.15, 0.2) is 30.3 Å². The van der Waals surface area contributed by atoms with Gasteiger partial charge in [0.25, 0.3) is 5.91 Å². The van der Waals surface area contributed by atoms with E-state index in [1.54, 1.807) is 4.68 Å². The van der Waals surface area contributed by atoms with Gasteiger partial charge in [-0.1, -0.05) is 30.3 Å². The molecule has 1 atom stereocenters. The van der Waals surface area contributed by atoms with Crippen LogP contribution in [-0.2, 0) is 24.9 Å². The summed E-state index contributed by atoms with van der Waals surface area (Å²) in [6.45, 7) is 4.87. The van der Waals surface area contributed by atoms with Crippen LogP contribution in [0.2, 0.25) is 0 Å². The maximum Gasteiger partial charge on any atom is 0.275 e. The van der Waals surface area contributed by atoms with Gasteiger partial charge in [0.05, 0.1) is 7.05 Å². The zero-order chi connectivity index (χ0) is 17.7. The van der Waals surface area contributed by atoms with E-state index in [0.29, 0.717) is 18.0 Å². The first kappa shape index (κ1) is 18.4. The topological polar surface area (TPSA) is 56.3 Å². The number of hydrogen-bond acceptors (Lipinski definition) is 3. The third-order valence-corrected chi connectivity index (χ3v) is 4.15. The molecular weight excluding hydrogens is 322 g/mol. The Morgan fingerprint density at radius 3 is 2.62 bits per heavy atom. The van der Waals surface area contributed by atoms with Crippen LogP contribution in [0.5, 0.6) is 0 Å². The van der Waals surface area contributed by atoms with E-state index in [-0.39, 0.29) is 11.9 Å². The molecule has 0 saturated heterocycles. The largest absolute Gasteiger partial charge is 0.349 e. The number of carbonyl (C=O) groups is 1. The summed E-state index contributed by atoms with van der Waals surface area (Å²) in [5.41, 5.74) is 1.20. The lowest BCUT2D eigenvalue weighted by molar-refractivity contribution is -0.895. The summed E-state index contributed by atoms with van der Waals surface area (Å²) in [7, 11) is 3.90. The molecular formula is C17H26N5OS+. The summed E-state index contributed by atoms with van der Waals surface area (Å²) in [5.74, 6) is 0.958. The van der Waals surface area contributed by atoms with Crippen molar-refractivity contribution in [1.82, 2.24) is 19.7 Å². The molecule has 1 unspecified atom stereocenters. The predicted octanol–water partition coefficient (Wildman–Crippen LogP) is 0.539. The highest BCUT2D eigenvalue weighted by Gasteiger charge is 2.14. The van der Waals surface area contributed by atoms with Crippen LogP contribution in [0.25, 0.3) is 0 Å². The standard InChI is InChI=1S/C17H25N5OS/c1-13(2)18-16(23)11-20(3)12-22-17(24)21(4)15(19-22)10-14-8-6-5-7-9-14/h5-9,13H,10-12H2,1-4H3,(H,18,23)/p+1. The second-order valence-corrected chi connectivity index (χ2v) is 6.80. The summed E-state index contributed by atoms with van der Waals surface area (Å²) in [5, 5.41) is 7.54. The van der Waals surface area contributed by atoms with E-state index in [4.69, 9.17) is 12.2 Å². The average Bonchev–Trinajstić information content (AvgIpc) is 2.75. The highest BCUT2D eigenvalue weighted by molar-refractivity contribution is 7.71. The van der Waals surface area contributed by atoms with E-state index in [1.807, 2.05) is 50.7 Å². The number of nitrogens with zero attached hydrogens (tertiary/aromatic N) is 3. The lowest BCUT2D eigenvalue weighted by Crippen LogP contribution is -3.09. The van der Waals surface area contributed by atoms with Crippen molar-refractivity contribution in [2.75, 3.05) is 13.6 Å². The molecule has 1 heterocycles. The average molecular weight is 348 g/mol. The second-order valence-electron chi connectivity index (χ2n) is 6.43. The molecule has 24 heavy (non-hydrogen) atoms. The molecule has 0 radical (unpaired) electrons. The Morgan fingerprint density at radius 2 is 2.00 bits per heavy atom. The molecule has 0 fully saturated rings. The Kier molecular flexibility index (Phi) is 6.28. The van der Waals surface area contributed by atoms with Gasteiger partial charge >= 0.3 is 0 Å². The number of aromatic nitrogens is 3. The van der Waals surface area contributed by atoms with Gasteiger partial charge in [-0.15, -0.1) is 0 Å². The fourth-order valence-corrected chi connectivity index (χ4v) is 2.74. The molecule has 0 aliphatic rings. The molecule has 0 aliphatic carbocycles. The van der Waals surface area contributed by atoms with Gasteiger partial charge in [-0.05, 0) is 31.6 Å². The number of amides is 1. The van der Waals surface area contributed by atoms with E-state index in [0.717, 1.165) is 17.1 Å². The summed E-state index contributed by atoms with van der Waals surface area (Å²) in [4.78, 5) is 12.9. The highest BCUT2D eigenvalue weighted by atomic mass is 32.1. The Bertz CT molecular complexity index is 735. The minimum atomic E-state index is 0.0365. The van der Waals surface area contributed by atoms with Gasteiger partial charge in [0.2, 0.25) is 4.77 Å². The number of rotatable bonds is 7. The molecule has 0 spiro atoms. The number of quaternary nitrogens is 1. The molecule has 6 nitrogen and oxygen atoms in total. The van der Waals surface area contributed by atoms with Gasteiger partial charge < -0.3 is 14.8 Å². The number of carbonyl (C=O) groups excluding carboxylic acids is 1. The normalized spacial score (nSPS) is 12.4. The minimum Gasteiger partial charge on any atom is -0.349 e. The lowest BCUT2D eigenvalue weighted by Gasteiger charge is -2.14. The molecule has 0 aliphatic heterocycles. The van der Waals surface area contributed by atoms with Crippen LogP contribution in [-0.4, -0.2) is 39.9 Å². The number of benzene rings is 1. The third-order valence-electron chi connectivity index (χ3n) is 3.67. The summed E-state index contributed by atoms with van der Waals surface area (Å²) < 4.78 is 4.40. The predicted molar refractivity (Wildman–Crippen MR) is 96.3 cm³/mol. The van der Waals surface area contributed by atoms with Crippen LogP contribution >= 0.6 is 12.2 Å². The number of nitrogens with one attached hydrogen (secondary N) is 2. The second kappa shape index (κ2) is 8.21. The van der Waals surface area contributed by atoms with Gasteiger partial charge in [-0.3, -0.25) is 4.79 Å². The van der Waals surface area contributed by atoms with Crippen LogP contribution < -0.4 is 10.2 Å². The van der Waals surface area contributed by atoms with Crippen molar-refractivity contribution >= 4 is 18.1 Å². The SMILES string of the molecule is CC(C)NC(=O)C[NH+](C)Cn1nc(Cc2ccccc2)n(C)c1=S. The maximum atomic E-state index is 11.9. The molecule has 0 saturated carbocycles. The molecule has 0 bridgehead atoms. The Hall–Kier alpha value is -1.99. The van der Waals surface area contributed by atoms with Crippen LogP contribution in [0.4, 0.5) is 0 Å². The molecule has 1 aromatic carbocycles. The first-order valence-corrected chi connectivity index (χ1v) is 8.55. The van der Waals surface area contributed by atoms with E-state index in [2.05, 4.69) is 22.5 Å². The van der Waals surface area contributed by atoms with E-state index < -0.39 is 0 Å². The van der Waals surface area contributed by atoms with Crippen molar-refractivity contribution in [3.63, 3.8) is 0 Å². The molecule has 1 aromatic heterocycles. The summed E-state index contributed by atoms with van der Waals surface area (Å²) >= 11 is 5.48. The number of likely N-dealkylation sites (N-methyl/N-ethyl adjacent to an activating group) is 1. The van der Waals surface area contributed by atoms with Crippen LogP contribution in [0.3, 0.4) is 0 Å². The monoisotopic (exact) mass is 348 g/mol. The fraction of sp³-hybridized carbons (Fsp3) is 0.471. The first-order chi connectivity index (χ1) is 11.4. The van der Waals surface area contributed by atoms with E-state index in [1.165, 1.54) is 5.56 Å². The molecule has 7 heteroatoms. The lowest BCUT2D eigenvalue weighted by atomic mass is 10.1. The van der Waals surface area contributed by atoms with Crippen LogP contribution in [0.1, 0.15) is 25.2 Å². The van der Waals surface area contributed by atoms with Gasteiger partial charge in [0.1, 0.15) is 5.82 Å². The Balaban J connectivity index is 2.05. The zero-order valence-corrected chi connectivity index (χ0v) is 15.6. The van der Waals surface area contributed by atoms with Crippen molar-refractivity contribution in [1.29, 1.82) is 0 Å². The van der Waals surface area contributed by atoms with Crippen molar-refractivity contribution in [2.45, 2.75) is 33.0 Å². The highest BCUT2D eigenvalue weighted by Crippen LogP contribution is 2.07. The minimum absolute atomic E-state index is 0.0365. The van der Waals surface area contributed by atoms with Crippen molar-refractivity contribution in [3.05, 3.63) is 46.5 Å². The molecule has 130 valence electrons. The fourth-order valence-electron chi connectivity index (χ4n) is 2.53. The van der Waals surface area contributed by atoms with E-state index >= 15 is 0 Å². The quantitative estimate of drug-likeness (QED) is 0.718. The Morgan fingerprint density at radius 1 is 1.33 bits per heavy atom. The van der Waals surface area contributed by atoms with Gasteiger partial charge in [0.15, 0.2) is 13.2 Å². The van der Waals surface area contributed by atoms with Crippen LogP contribution in [0, 0.1) is 4.77 Å². The first-order valence-electron chi connectivity index (χ1n) is 8.14. The number of hydrogen-bond donors (Lipinski definition) is 2. The third kappa shape index (κ3) is 5.01. The van der Waals surface area contributed by atoms with Crippen molar-refractivity contribution in [2.24, 2.45) is 7.05 Å². The van der Waals surface area contributed by atoms with Gasteiger partial charge in [0, 0.05) is 19.5 Å². The summed E-state index contributed by atoms with van der Waals surface area (Å²) in [6, 6.07) is 10.4. The molecule has 1 amide bonds. The zero-order valence-electron chi connectivity index (χ0n) is 14.7. The Labute approximate surface area is 148 Å². The maximum absolute atomic E-state index is 11.9. The van der Waals surface area contributed by atoms with Gasteiger partial charge in [-0.2, -0.15) is 9.78 Å². The molecule has 2 aromatic rings. The summed E-state index contributed by atoms with van der Waals surface area (Å²) in [6.07, 6.45) is 0.737. The van der Waals surface area contributed by atoms with Crippen molar-refractivity contribution < 1.29 is 9.69 Å².